The smallest absolute Gasteiger partial charge is 0.254 e. The largest absolute Gasteiger partial charge is 0.339 e. The lowest BCUT2D eigenvalue weighted by molar-refractivity contribution is -0.135. The van der Waals surface area contributed by atoms with Crippen LogP contribution in [0.25, 0.3) is 0 Å². The lowest BCUT2D eigenvalue weighted by Gasteiger charge is -2.35. The van der Waals surface area contributed by atoms with Crippen molar-refractivity contribution in [2.75, 3.05) is 37.2 Å². The van der Waals surface area contributed by atoms with Crippen LogP contribution >= 0.6 is 11.8 Å². The van der Waals surface area contributed by atoms with Gasteiger partial charge in [-0.3, -0.25) is 14.4 Å². The highest BCUT2D eigenvalue weighted by molar-refractivity contribution is 7.99. The van der Waals surface area contributed by atoms with Crippen LogP contribution in [0.1, 0.15) is 30.6 Å². The van der Waals surface area contributed by atoms with Gasteiger partial charge >= 0.3 is 0 Å². The van der Waals surface area contributed by atoms with Gasteiger partial charge in [0.1, 0.15) is 0 Å². The first-order chi connectivity index (χ1) is 12.0. The third-order valence-electron chi connectivity index (χ3n) is 4.46. The fourth-order valence-electron chi connectivity index (χ4n) is 3.03. The molecule has 134 valence electrons. The number of nitrogens with zero attached hydrogens (tertiary/aromatic N) is 2. The monoisotopic (exact) mass is 361 g/mol. The molecule has 3 rings (SSSR count). The zero-order valence-electron chi connectivity index (χ0n) is 14.6. The van der Waals surface area contributed by atoms with Gasteiger partial charge in [0.2, 0.25) is 11.8 Å². The summed E-state index contributed by atoms with van der Waals surface area (Å²) in [7, 11) is 0. The van der Waals surface area contributed by atoms with Crippen LogP contribution < -0.4 is 5.32 Å². The maximum absolute atomic E-state index is 12.8. The van der Waals surface area contributed by atoms with Crippen LogP contribution in [0.4, 0.5) is 5.69 Å². The highest BCUT2D eigenvalue weighted by atomic mass is 32.2. The number of hydrogen-bond donors (Lipinski definition) is 1. The number of rotatable bonds is 2. The SMILES string of the molecule is CC(C)C(=O)N1CCN(C(=O)c2ccc3c(c2)NC(=O)CCS3)CC1. The predicted octanol–water partition coefficient (Wildman–Crippen LogP) is 2.06. The van der Waals surface area contributed by atoms with E-state index in [1.165, 1.54) is 0 Å². The molecule has 2 heterocycles. The lowest BCUT2D eigenvalue weighted by atomic mass is 10.1. The molecule has 1 N–H and O–H groups in total. The summed E-state index contributed by atoms with van der Waals surface area (Å²) in [6.07, 6.45) is 0.481. The van der Waals surface area contributed by atoms with Gasteiger partial charge in [-0.1, -0.05) is 13.8 Å². The third kappa shape index (κ3) is 3.98. The molecule has 0 aromatic heterocycles. The molecule has 1 aromatic carbocycles. The van der Waals surface area contributed by atoms with E-state index in [2.05, 4.69) is 5.32 Å². The van der Waals surface area contributed by atoms with Crippen molar-refractivity contribution in [2.24, 2.45) is 5.92 Å². The van der Waals surface area contributed by atoms with Crippen LogP contribution in [-0.4, -0.2) is 59.5 Å². The normalized spacial score (nSPS) is 17.8. The Bertz CT molecular complexity index is 697. The molecule has 1 aromatic rings. The van der Waals surface area contributed by atoms with Gasteiger partial charge in [-0.25, -0.2) is 0 Å². The minimum Gasteiger partial charge on any atom is -0.339 e. The summed E-state index contributed by atoms with van der Waals surface area (Å²) >= 11 is 1.62. The minimum atomic E-state index is -0.0528. The van der Waals surface area contributed by atoms with Gasteiger partial charge in [0.15, 0.2) is 0 Å². The number of thioether (sulfide) groups is 1. The Morgan fingerprint density at radius 1 is 1.12 bits per heavy atom. The quantitative estimate of drug-likeness (QED) is 0.875. The topological polar surface area (TPSA) is 69.7 Å². The molecule has 2 aliphatic heterocycles. The van der Waals surface area contributed by atoms with E-state index in [4.69, 9.17) is 0 Å². The van der Waals surface area contributed by atoms with Gasteiger partial charge in [0.25, 0.3) is 5.91 Å². The molecule has 0 unspecified atom stereocenters. The van der Waals surface area contributed by atoms with Crippen molar-refractivity contribution in [3.05, 3.63) is 23.8 Å². The van der Waals surface area contributed by atoms with Crippen LogP contribution in [0.2, 0.25) is 0 Å². The van der Waals surface area contributed by atoms with E-state index in [-0.39, 0.29) is 23.6 Å². The van der Waals surface area contributed by atoms with Gasteiger partial charge in [-0.05, 0) is 18.2 Å². The number of hydrogen-bond acceptors (Lipinski definition) is 4. The molecule has 0 radical (unpaired) electrons. The zero-order valence-corrected chi connectivity index (χ0v) is 15.4. The van der Waals surface area contributed by atoms with Crippen LogP contribution in [0, 0.1) is 5.92 Å². The molecule has 7 heteroatoms. The molecule has 1 fully saturated rings. The summed E-state index contributed by atoms with van der Waals surface area (Å²) in [6, 6.07) is 5.48. The number of fused-ring (bicyclic) bond motifs is 1. The van der Waals surface area contributed by atoms with Gasteiger partial charge in [0, 0.05) is 54.7 Å². The Balaban J connectivity index is 1.68. The Morgan fingerprint density at radius 3 is 2.48 bits per heavy atom. The maximum Gasteiger partial charge on any atom is 0.254 e. The van der Waals surface area contributed by atoms with E-state index in [0.29, 0.717) is 43.9 Å². The molecule has 0 bridgehead atoms. The summed E-state index contributed by atoms with van der Waals surface area (Å²) < 4.78 is 0. The molecule has 1 saturated heterocycles. The van der Waals surface area contributed by atoms with Crippen molar-refractivity contribution in [3.8, 4) is 0 Å². The number of amides is 3. The van der Waals surface area contributed by atoms with Crippen molar-refractivity contribution >= 4 is 35.2 Å². The summed E-state index contributed by atoms with van der Waals surface area (Å²) in [5, 5.41) is 2.87. The Kier molecular flexibility index (Phi) is 5.32. The number of carbonyl (C=O) groups is 3. The molecule has 2 aliphatic rings. The number of anilines is 1. The van der Waals surface area contributed by atoms with Crippen LogP contribution in [0.5, 0.6) is 0 Å². The van der Waals surface area contributed by atoms with E-state index in [9.17, 15) is 14.4 Å². The van der Waals surface area contributed by atoms with Crippen molar-refractivity contribution in [1.82, 2.24) is 9.80 Å². The Labute approximate surface area is 151 Å². The number of piperazine rings is 1. The first-order valence-corrected chi connectivity index (χ1v) is 9.59. The van der Waals surface area contributed by atoms with Gasteiger partial charge in [-0.2, -0.15) is 0 Å². The third-order valence-corrected chi connectivity index (χ3v) is 5.53. The number of benzene rings is 1. The zero-order chi connectivity index (χ0) is 18.0. The van der Waals surface area contributed by atoms with Crippen molar-refractivity contribution in [1.29, 1.82) is 0 Å². The highest BCUT2D eigenvalue weighted by Crippen LogP contribution is 2.31. The molecule has 0 saturated carbocycles. The standard InChI is InChI=1S/C18H23N3O3S/c1-12(2)17(23)20-6-8-21(9-7-20)18(24)13-3-4-15-14(11-13)19-16(22)5-10-25-15/h3-4,11-12H,5-10H2,1-2H3,(H,19,22). The van der Waals surface area contributed by atoms with E-state index < -0.39 is 0 Å². The maximum atomic E-state index is 12.8. The van der Waals surface area contributed by atoms with Crippen molar-refractivity contribution in [3.63, 3.8) is 0 Å². The molecular formula is C18H23N3O3S. The molecule has 0 atom stereocenters. The molecule has 25 heavy (non-hydrogen) atoms. The van der Waals surface area contributed by atoms with Gasteiger partial charge in [-0.15, -0.1) is 11.8 Å². The van der Waals surface area contributed by atoms with Gasteiger partial charge < -0.3 is 15.1 Å². The van der Waals surface area contributed by atoms with Crippen LogP contribution in [-0.2, 0) is 9.59 Å². The lowest BCUT2D eigenvalue weighted by Crippen LogP contribution is -2.51. The minimum absolute atomic E-state index is 0.0170. The molecular weight excluding hydrogens is 338 g/mol. The summed E-state index contributed by atoms with van der Waals surface area (Å²) in [4.78, 5) is 41.1. The van der Waals surface area contributed by atoms with Crippen molar-refractivity contribution < 1.29 is 14.4 Å². The molecule has 0 spiro atoms. The molecule has 3 amide bonds. The second-order valence-electron chi connectivity index (χ2n) is 6.63. The van der Waals surface area contributed by atoms with E-state index >= 15 is 0 Å². The molecule has 0 aliphatic carbocycles. The summed E-state index contributed by atoms with van der Waals surface area (Å²) in [5.41, 5.74) is 1.29. The average molecular weight is 361 g/mol. The van der Waals surface area contributed by atoms with Gasteiger partial charge in [0.05, 0.1) is 5.69 Å². The average Bonchev–Trinajstić information content (AvgIpc) is 2.80. The fourth-order valence-corrected chi connectivity index (χ4v) is 3.97. The van der Waals surface area contributed by atoms with E-state index in [1.54, 1.807) is 22.7 Å². The number of carbonyl (C=O) groups excluding carboxylic acids is 3. The first kappa shape index (κ1) is 17.8. The Hall–Kier alpha value is -2.02. The summed E-state index contributed by atoms with van der Waals surface area (Å²) in [5.74, 6) is 0.794. The summed E-state index contributed by atoms with van der Waals surface area (Å²) in [6.45, 7) is 6.00. The van der Waals surface area contributed by atoms with E-state index in [1.807, 2.05) is 30.9 Å². The fraction of sp³-hybridized carbons (Fsp3) is 0.500. The second kappa shape index (κ2) is 7.47. The predicted molar refractivity (Wildman–Crippen MR) is 97.7 cm³/mol. The van der Waals surface area contributed by atoms with Crippen LogP contribution in [0.3, 0.4) is 0 Å². The first-order valence-electron chi connectivity index (χ1n) is 8.60. The van der Waals surface area contributed by atoms with Crippen LogP contribution in [0.15, 0.2) is 23.1 Å². The van der Waals surface area contributed by atoms with E-state index in [0.717, 1.165) is 10.6 Å². The number of nitrogens with one attached hydrogen (secondary N) is 1. The van der Waals surface area contributed by atoms with Crippen molar-refractivity contribution in [2.45, 2.75) is 25.2 Å². The Morgan fingerprint density at radius 2 is 1.80 bits per heavy atom. The molecule has 6 nitrogen and oxygen atoms in total. The second-order valence-corrected chi connectivity index (χ2v) is 7.77. The highest BCUT2D eigenvalue weighted by Gasteiger charge is 2.26.